The van der Waals surface area contributed by atoms with E-state index < -0.39 is 42.6 Å². The van der Waals surface area contributed by atoms with E-state index in [2.05, 4.69) is 5.32 Å². The zero-order valence-electron chi connectivity index (χ0n) is 17.2. The van der Waals surface area contributed by atoms with Crippen LogP contribution in [0.3, 0.4) is 0 Å². The number of nitrogens with one attached hydrogen (secondary N) is 1. The molecular weight excluding hydrogens is 418 g/mol. The Morgan fingerprint density at radius 3 is 2.69 bits per heavy atom. The van der Waals surface area contributed by atoms with E-state index in [9.17, 15) is 15.0 Å². The van der Waals surface area contributed by atoms with Crippen molar-refractivity contribution in [2.75, 3.05) is 19.0 Å². The van der Waals surface area contributed by atoms with Crippen LogP contribution in [-0.2, 0) is 18.9 Å². The second-order valence-electron chi connectivity index (χ2n) is 7.78. The predicted octanol–water partition coefficient (Wildman–Crippen LogP) is 2.13. The van der Waals surface area contributed by atoms with Gasteiger partial charge < -0.3 is 38.9 Å². The third kappa shape index (κ3) is 3.85. The summed E-state index contributed by atoms with van der Waals surface area (Å²) in [6, 6.07) is 14.7. The smallest absolute Gasteiger partial charge is 0.339 e. The van der Waals surface area contributed by atoms with Crippen LogP contribution < -0.4 is 10.9 Å². The molecule has 0 aliphatic carbocycles. The van der Waals surface area contributed by atoms with E-state index in [1.54, 1.807) is 18.2 Å². The lowest BCUT2D eigenvalue weighted by atomic mass is 9.95. The molecule has 3 unspecified atom stereocenters. The molecule has 1 aromatic heterocycles. The maximum absolute atomic E-state index is 11.6. The van der Waals surface area contributed by atoms with Crippen LogP contribution in [0.4, 0.5) is 5.69 Å². The van der Waals surface area contributed by atoms with Crippen LogP contribution in [0.25, 0.3) is 11.0 Å². The molecule has 2 saturated heterocycles. The Morgan fingerprint density at radius 1 is 1.09 bits per heavy atom. The van der Waals surface area contributed by atoms with Crippen molar-refractivity contribution < 1.29 is 33.6 Å². The first-order valence-corrected chi connectivity index (χ1v) is 10.3. The second-order valence-corrected chi connectivity index (χ2v) is 7.78. The average Bonchev–Trinajstić information content (AvgIpc) is 2.80. The van der Waals surface area contributed by atoms with Gasteiger partial charge in [0.1, 0.15) is 35.7 Å². The average molecular weight is 441 g/mol. The van der Waals surface area contributed by atoms with Crippen LogP contribution in [0.5, 0.6) is 5.75 Å². The first kappa shape index (κ1) is 20.9. The molecule has 168 valence electrons. The lowest BCUT2D eigenvalue weighted by molar-refractivity contribution is -0.337. The molecular formula is C23H23NO8. The fourth-order valence-electron chi connectivity index (χ4n) is 4.15. The van der Waals surface area contributed by atoms with Crippen LogP contribution in [0, 0.1) is 0 Å². The molecule has 3 heterocycles. The molecule has 5 rings (SSSR count). The maximum Gasteiger partial charge on any atom is 0.339 e. The number of ether oxygens (including phenoxy) is 4. The highest BCUT2D eigenvalue weighted by Crippen LogP contribution is 2.35. The van der Waals surface area contributed by atoms with E-state index in [-0.39, 0.29) is 17.9 Å². The highest BCUT2D eigenvalue weighted by atomic mass is 16.7. The minimum atomic E-state index is -0.985. The summed E-state index contributed by atoms with van der Waals surface area (Å²) in [6.07, 6.45) is -3.53. The van der Waals surface area contributed by atoms with Crippen molar-refractivity contribution in [1.82, 2.24) is 0 Å². The normalized spacial score (nSPS) is 30.1. The van der Waals surface area contributed by atoms with Gasteiger partial charge in [-0.3, -0.25) is 0 Å². The lowest BCUT2D eigenvalue weighted by Crippen LogP contribution is -2.64. The standard InChI is InChI=1S/C23H23NO8/c1-28-23-19(24-13-7-8-14-15(25)10-18(26)30-16(14)9-13)20(27)21-17(31-23)11-29-22(32-21)12-5-3-2-4-6-12/h2-10,17,19-25,27H,11H2,1H3/t17?,19?,20-,21-,22?,23+/m1/s1. The van der Waals surface area contributed by atoms with Crippen molar-refractivity contribution >= 4 is 16.7 Å². The second kappa shape index (κ2) is 8.53. The number of aliphatic hydroxyl groups excluding tert-OH is 1. The van der Waals surface area contributed by atoms with Crippen LogP contribution in [0.2, 0.25) is 0 Å². The predicted molar refractivity (Wildman–Crippen MR) is 113 cm³/mol. The summed E-state index contributed by atoms with van der Waals surface area (Å²) in [6.45, 7) is 0.244. The van der Waals surface area contributed by atoms with E-state index >= 15 is 0 Å². The van der Waals surface area contributed by atoms with Crippen LogP contribution in [-0.4, -0.2) is 54.6 Å². The van der Waals surface area contributed by atoms with E-state index in [1.165, 1.54) is 7.11 Å². The first-order valence-electron chi connectivity index (χ1n) is 10.3. The Labute approximate surface area is 183 Å². The zero-order chi connectivity index (χ0) is 22.2. The molecule has 9 nitrogen and oxygen atoms in total. The van der Waals surface area contributed by atoms with Gasteiger partial charge in [-0.1, -0.05) is 30.3 Å². The SMILES string of the molecule is CO[C@H]1OC2COC(c3ccccc3)O[C@H]2[C@H](O)C1Nc1ccc2c(O)cc(=O)oc2c1. The van der Waals surface area contributed by atoms with Crippen molar-refractivity contribution in [1.29, 1.82) is 0 Å². The number of fused-ring (bicyclic) bond motifs is 2. The number of methoxy groups -OCH3 is 1. The molecule has 0 saturated carbocycles. The van der Waals surface area contributed by atoms with Crippen molar-refractivity contribution in [3.8, 4) is 5.75 Å². The fourth-order valence-corrected chi connectivity index (χ4v) is 4.15. The van der Waals surface area contributed by atoms with Crippen molar-refractivity contribution in [3.63, 3.8) is 0 Å². The van der Waals surface area contributed by atoms with Gasteiger partial charge in [-0.25, -0.2) is 4.79 Å². The van der Waals surface area contributed by atoms with Gasteiger partial charge in [0.25, 0.3) is 0 Å². The van der Waals surface area contributed by atoms with Crippen molar-refractivity contribution in [2.45, 2.75) is 36.9 Å². The van der Waals surface area contributed by atoms with Gasteiger partial charge in [0.05, 0.1) is 18.1 Å². The Balaban J connectivity index is 1.39. The van der Waals surface area contributed by atoms with Gasteiger partial charge in [-0.05, 0) is 12.1 Å². The molecule has 2 aliphatic heterocycles. The van der Waals surface area contributed by atoms with Gasteiger partial charge in [-0.15, -0.1) is 0 Å². The molecule has 3 aromatic rings. The topological polar surface area (TPSA) is 120 Å². The molecule has 9 heteroatoms. The molecule has 0 amide bonds. The number of rotatable bonds is 4. The fraction of sp³-hybridized carbons (Fsp3) is 0.348. The molecule has 2 aromatic carbocycles. The summed E-state index contributed by atoms with van der Waals surface area (Å²) in [5, 5.41) is 24.7. The van der Waals surface area contributed by atoms with Crippen LogP contribution in [0.1, 0.15) is 11.9 Å². The zero-order valence-corrected chi connectivity index (χ0v) is 17.2. The quantitative estimate of drug-likeness (QED) is 0.523. The van der Waals surface area contributed by atoms with Gasteiger partial charge in [0.2, 0.25) is 0 Å². The van der Waals surface area contributed by atoms with Crippen LogP contribution in [0.15, 0.2) is 63.8 Å². The Bertz CT molecular complexity index is 1150. The first-order chi connectivity index (χ1) is 15.5. The minimum Gasteiger partial charge on any atom is -0.507 e. The van der Waals surface area contributed by atoms with Crippen molar-refractivity contribution in [2.24, 2.45) is 0 Å². The van der Waals surface area contributed by atoms with Crippen molar-refractivity contribution in [3.05, 3.63) is 70.6 Å². The molecule has 32 heavy (non-hydrogen) atoms. The summed E-state index contributed by atoms with van der Waals surface area (Å²) >= 11 is 0. The van der Waals surface area contributed by atoms with E-state index in [0.29, 0.717) is 11.1 Å². The molecule has 0 radical (unpaired) electrons. The third-order valence-corrected chi connectivity index (χ3v) is 5.73. The minimum absolute atomic E-state index is 0.163. The lowest BCUT2D eigenvalue weighted by Gasteiger charge is -2.47. The Hall–Kier alpha value is -2.95. The van der Waals surface area contributed by atoms with E-state index in [1.807, 2.05) is 30.3 Å². The van der Waals surface area contributed by atoms with Gasteiger partial charge in [0.15, 0.2) is 12.6 Å². The number of aliphatic hydroxyl groups is 1. The van der Waals surface area contributed by atoms with Gasteiger partial charge in [-0.2, -0.15) is 0 Å². The van der Waals surface area contributed by atoms with E-state index in [0.717, 1.165) is 11.6 Å². The maximum atomic E-state index is 11.6. The molecule has 2 fully saturated rings. The molecule has 0 spiro atoms. The van der Waals surface area contributed by atoms with Gasteiger partial charge >= 0.3 is 5.63 Å². The number of hydrogen-bond acceptors (Lipinski definition) is 9. The number of benzene rings is 2. The number of anilines is 1. The number of hydrogen-bond donors (Lipinski definition) is 3. The summed E-state index contributed by atoms with van der Waals surface area (Å²) in [4.78, 5) is 11.6. The summed E-state index contributed by atoms with van der Waals surface area (Å²) in [5.74, 6) is -0.163. The summed E-state index contributed by atoms with van der Waals surface area (Å²) in [5.41, 5.74) is 0.949. The largest absolute Gasteiger partial charge is 0.507 e. The number of aromatic hydroxyl groups is 1. The summed E-state index contributed by atoms with van der Waals surface area (Å²) in [7, 11) is 1.49. The highest BCUT2D eigenvalue weighted by molar-refractivity contribution is 5.85. The summed E-state index contributed by atoms with van der Waals surface area (Å²) < 4.78 is 28.5. The Morgan fingerprint density at radius 2 is 1.91 bits per heavy atom. The molecule has 6 atom stereocenters. The Kier molecular flexibility index (Phi) is 5.58. The molecule has 0 bridgehead atoms. The van der Waals surface area contributed by atoms with E-state index in [4.69, 9.17) is 23.4 Å². The highest BCUT2D eigenvalue weighted by Gasteiger charge is 2.49. The van der Waals surface area contributed by atoms with Gasteiger partial charge in [0, 0.05) is 24.4 Å². The molecule has 3 N–H and O–H groups in total. The van der Waals surface area contributed by atoms with Crippen LogP contribution >= 0.6 is 0 Å². The monoisotopic (exact) mass is 441 g/mol. The molecule has 2 aliphatic rings. The third-order valence-electron chi connectivity index (χ3n) is 5.73.